The predicted molar refractivity (Wildman–Crippen MR) is 53.2 cm³/mol. The molecule has 0 fully saturated rings. The molecular formula is C9H10N2O5. The molecule has 1 rings (SSSR count). The quantitative estimate of drug-likeness (QED) is 0.426. The molecule has 0 spiro atoms. The van der Waals surface area contributed by atoms with Crippen LogP contribution in [0.15, 0.2) is 12.3 Å². The Labute approximate surface area is 91.2 Å². The van der Waals surface area contributed by atoms with Gasteiger partial charge in [0, 0.05) is 0 Å². The first-order valence-corrected chi connectivity index (χ1v) is 4.32. The molecule has 0 N–H and O–H groups in total. The van der Waals surface area contributed by atoms with E-state index >= 15 is 0 Å². The van der Waals surface area contributed by atoms with E-state index in [2.05, 4.69) is 9.72 Å². The van der Waals surface area contributed by atoms with Gasteiger partial charge in [-0.15, -0.1) is 0 Å². The number of hydrogen-bond donors (Lipinski definition) is 0. The monoisotopic (exact) mass is 226 g/mol. The highest BCUT2D eigenvalue weighted by Crippen LogP contribution is 2.22. The summed E-state index contributed by atoms with van der Waals surface area (Å²) in [4.78, 5) is 24.7. The van der Waals surface area contributed by atoms with E-state index in [1.165, 1.54) is 20.3 Å². The van der Waals surface area contributed by atoms with Gasteiger partial charge in [0.05, 0.1) is 37.3 Å². The van der Waals surface area contributed by atoms with Gasteiger partial charge in [0.1, 0.15) is 11.9 Å². The van der Waals surface area contributed by atoms with Gasteiger partial charge in [0.2, 0.25) is 0 Å². The summed E-state index contributed by atoms with van der Waals surface area (Å²) in [6.45, 7) is 0. The number of pyridine rings is 1. The van der Waals surface area contributed by atoms with Crippen molar-refractivity contribution < 1.29 is 19.2 Å². The number of methoxy groups -OCH3 is 2. The van der Waals surface area contributed by atoms with E-state index in [-0.39, 0.29) is 17.9 Å². The molecule has 0 aliphatic heterocycles. The maximum Gasteiger partial charge on any atom is 0.311 e. The number of carbonyl (C=O) groups is 1. The van der Waals surface area contributed by atoms with Crippen LogP contribution in [0.4, 0.5) is 5.69 Å². The zero-order valence-electron chi connectivity index (χ0n) is 8.80. The first-order chi connectivity index (χ1) is 7.58. The average Bonchev–Trinajstić information content (AvgIpc) is 2.29. The molecule has 0 radical (unpaired) electrons. The molecule has 16 heavy (non-hydrogen) atoms. The first kappa shape index (κ1) is 11.9. The van der Waals surface area contributed by atoms with Crippen molar-refractivity contribution >= 4 is 11.7 Å². The van der Waals surface area contributed by atoms with Crippen LogP contribution in [0.2, 0.25) is 0 Å². The molecule has 7 heteroatoms. The van der Waals surface area contributed by atoms with Crippen molar-refractivity contribution in [1.29, 1.82) is 0 Å². The lowest BCUT2D eigenvalue weighted by Gasteiger charge is -2.05. The van der Waals surface area contributed by atoms with Crippen molar-refractivity contribution in [2.75, 3.05) is 14.2 Å². The summed E-state index contributed by atoms with van der Waals surface area (Å²) in [5.74, 6) is -0.292. The Morgan fingerprint density at radius 1 is 1.56 bits per heavy atom. The standard InChI is InChI=1S/C9H10N2O5/c1-15-8-3-6(11(13)14)5-10-7(8)4-9(12)16-2/h3,5H,4H2,1-2H3. The molecule has 86 valence electrons. The Kier molecular flexibility index (Phi) is 3.76. The fraction of sp³-hybridized carbons (Fsp3) is 0.333. The van der Waals surface area contributed by atoms with Gasteiger partial charge in [0.25, 0.3) is 5.69 Å². The lowest BCUT2D eigenvalue weighted by Crippen LogP contribution is -2.08. The van der Waals surface area contributed by atoms with Crippen LogP contribution in [0.1, 0.15) is 5.69 Å². The summed E-state index contributed by atoms with van der Waals surface area (Å²) >= 11 is 0. The van der Waals surface area contributed by atoms with Crippen LogP contribution in [0.5, 0.6) is 5.75 Å². The summed E-state index contributed by atoms with van der Waals surface area (Å²) in [5, 5.41) is 10.5. The largest absolute Gasteiger partial charge is 0.495 e. The highest BCUT2D eigenvalue weighted by Gasteiger charge is 2.15. The van der Waals surface area contributed by atoms with Gasteiger partial charge >= 0.3 is 5.97 Å². The van der Waals surface area contributed by atoms with E-state index < -0.39 is 10.9 Å². The number of nitrogens with zero attached hydrogens (tertiary/aromatic N) is 2. The third kappa shape index (κ3) is 2.66. The minimum absolute atomic E-state index is 0.0856. The molecule has 0 saturated carbocycles. The molecule has 1 aromatic heterocycles. The average molecular weight is 226 g/mol. The number of rotatable bonds is 4. The minimum Gasteiger partial charge on any atom is -0.495 e. The SMILES string of the molecule is COC(=O)Cc1ncc([N+](=O)[O-])cc1OC. The smallest absolute Gasteiger partial charge is 0.311 e. The molecule has 0 aliphatic rings. The lowest BCUT2D eigenvalue weighted by molar-refractivity contribution is -0.385. The summed E-state index contributed by atoms with van der Waals surface area (Å²) < 4.78 is 9.37. The summed E-state index contributed by atoms with van der Waals surface area (Å²) in [6.07, 6.45) is 0.985. The molecule has 0 unspecified atom stereocenters. The maximum atomic E-state index is 11.0. The van der Waals surface area contributed by atoms with Gasteiger partial charge < -0.3 is 9.47 Å². The molecule has 0 bridgehead atoms. The van der Waals surface area contributed by atoms with Crippen molar-refractivity contribution in [3.8, 4) is 5.75 Å². The Morgan fingerprint density at radius 2 is 2.25 bits per heavy atom. The second-order valence-corrected chi connectivity index (χ2v) is 2.85. The van der Waals surface area contributed by atoms with E-state index in [0.717, 1.165) is 6.20 Å². The summed E-state index contributed by atoms with van der Waals surface area (Å²) in [7, 11) is 2.60. The van der Waals surface area contributed by atoms with Crippen LogP contribution in [0.25, 0.3) is 0 Å². The number of esters is 1. The highest BCUT2D eigenvalue weighted by atomic mass is 16.6. The van der Waals surface area contributed by atoms with Crippen molar-refractivity contribution in [3.63, 3.8) is 0 Å². The van der Waals surface area contributed by atoms with Crippen LogP contribution in [-0.4, -0.2) is 30.1 Å². The first-order valence-electron chi connectivity index (χ1n) is 4.32. The molecule has 7 nitrogen and oxygen atoms in total. The molecule has 0 saturated heterocycles. The minimum atomic E-state index is -0.586. The Morgan fingerprint density at radius 3 is 2.75 bits per heavy atom. The Balaban J connectivity index is 3.02. The van der Waals surface area contributed by atoms with Crippen LogP contribution < -0.4 is 4.74 Å². The van der Waals surface area contributed by atoms with Crippen LogP contribution in [-0.2, 0) is 16.0 Å². The normalized spacial score (nSPS) is 9.62. The zero-order chi connectivity index (χ0) is 12.1. The topological polar surface area (TPSA) is 91.6 Å². The van der Waals surface area contributed by atoms with Gasteiger partial charge in [-0.2, -0.15) is 0 Å². The Hall–Kier alpha value is -2.18. The number of nitro groups is 1. The van der Waals surface area contributed by atoms with Gasteiger partial charge in [0.15, 0.2) is 0 Å². The van der Waals surface area contributed by atoms with Gasteiger partial charge in [-0.3, -0.25) is 14.9 Å². The van der Waals surface area contributed by atoms with Gasteiger partial charge in [-0.05, 0) is 0 Å². The number of carbonyl (C=O) groups excluding carboxylic acids is 1. The third-order valence-corrected chi connectivity index (χ3v) is 1.89. The molecule has 0 aromatic carbocycles. The Bertz CT molecular complexity index is 418. The molecule has 0 atom stereocenters. The molecule has 0 aliphatic carbocycles. The second kappa shape index (κ2) is 5.06. The van der Waals surface area contributed by atoms with Crippen molar-refractivity contribution in [2.24, 2.45) is 0 Å². The summed E-state index contributed by atoms with van der Waals surface area (Å²) in [6, 6.07) is 1.21. The highest BCUT2D eigenvalue weighted by molar-refractivity contribution is 5.72. The van der Waals surface area contributed by atoms with E-state index in [0.29, 0.717) is 5.69 Å². The van der Waals surface area contributed by atoms with Crippen molar-refractivity contribution in [3.05, 3.63) is 28.1 Å². The van der Waals surface area contributed by atoms with Crippen LogP contribution in [0.3, 0.4) is 0 Å². The van der Waals surface area contributed by atoms with E-state index in [4.69, 9.17) is 4.74 Å². The van der Waals surface area contributed by atoms with Crippen molar-refractivity contribution in [1.82, 2.24) is 4.98 Å². The lowest BCUT2D eigenvalue weighted by atomic mass is 10.2. The van der Waals surface area contributed by atoms with E-state index in [9.17, 15) is 14.9 Å². The van der Waals surface area contributed by atoms with Gasteiger partial charge in [-0.25, -0.2) is 4.98 Å². The van der Waals surface area contributed by atoms with Crippen LogP contribution in [0, 0.1) is 10.1 Å². The van der Waals surface area contributed by atoms with Crippen molar-refractivity contribution in [2.45, 2.75) is 6.42 Å². The van der Waals surface area contributed by atoms with Crippen LogP contribution >= 0.6 is 0 Å². The number of aromatic nitrogens is 1. The number of ether oxygens (including phenoxy) is 2. The van der Waals surface area contributed by atoms with Gasteiger partial charge in [-0.1, -0.05) is 0 Å². The number of hydrogen-bond acceptors (Lipinski definition) is 6. The molecule has 1 aromatic rings. The molecule has 0 amide bonds. The predicted octanol–water partition coefficient (Wildman–Crippen LogP) is 0.714. The zero-order valence-corrected chi connectivity index (χ0v) is 8.80. The second-order valence-electron chi connectivity index (χ2n) is 2.85. The third-order valence-electron chi connectivity index (χ3n) is 1.89. The fourth-order valence-corrected chi connectivity index (χ4v) is 1.08. The maximum absolute atomic E-state index is 11.0. The summed E-state index contributed by atoms with van der Waals surface area (Å²) in [5.41, 5.74) is 0.116. The fourth-order valence-electron chi connectivity index (χ4n) is 1.08. The van der Waals surface area contributed by atoms with E-state index in [1.807, 2.05) is 0 Å². The molecular weight excluding hydrogens is 216 g/mol. The molecule has 1 heterocycles. The van der Waals surface area contributed by atoms with E-state index in [1.54, 1.807) is 0 Å².